The predicted octanol–water partition coefficient (Wildman–Crippen LogP) is 3.90. The monoisotopic (exact) mass is 447 g/mol. The summed E-state index contributed by atoms with van der Waals surface area (Å²) >= 11 is 2.97. The lowest BCUT2D eigenvalue weighted by molar-refractivity contribution is -0.384. The number of hydrogen-bond acceptors (Lipinski definition) is 9. The molecule has 0 saturated carbocycles. The molecule has 2 heterocycles. The molecule has 0 radical (unpaired) electrons. The molecule has 1 atom stereocenters. The van der Waals surface area contributed by atoms with Crippen LogP contribution in [0.3, 0.4) is 0 Å². The average Bonchev–Trinajstić information content (AvgIpc) is 3.39. The fourth-order valence-electron chi connectivity index (χ4n) is 2.47. The van der Waals surface area contributed by atoms with Crippen LogP contribution in [-0.2, 0) is 20.7 Å². The number of benzene rings is 1. The maximum atomic E-state index is 12.3. The van der Waals surface area contributed by atoms with Crippen molar-refractivity contribution < 1.29 is 24.0 Å². The number of nitrogens with zero attached hydrogens (tertiary/aromatic N) is 2. The number of thiophene rings is 1. The largest absolute Gasteiger partial charge is 0.496 e. The number of carbonyl (C=O) groups excluding carboxylic acids is 2. The lowest BCUT2D eigenvalue weighted by atomic mass is 10.2. The zero-order chi connectivity index (χ0) is 21.7. The van der Waals surface area contributed by atoms with Gasteiger partial charge in [-0.1, -0.05) is 6.07 Å². The number of nitrogens with one attached hydrogen (secondary N) is 1. The maximum absolute atomic E-state index is 12.3. The number of thiazole rings is 1. The Hall–Kier alpha value is -3.31. The molecule has 1 amide bonds. The van der Waals surface area contributed by atoms with Gasteiger partial charge in [-0.2, -0.15) is 0 Å². The Morgan fingerprint density at radius 1 is 1.30 bits per heavy atom. The number of esters is 1. The number of carbonyl (C=O) groups is 2. The summed E-state index contributed by atoms with van der Waals surface area (Å²) in [6.45, 7) is 1.39. The van der Waals surface area contributed by atoms with Gasteiger partial charge in [0.05, 0.1) is 35.1 Å². The Labute approximate surface area is 179 Å². The van der Waals surface area contributed by atoms with Crippen LogP contribution in [0.15, 0.2) is 41.1 Å². The Morgan fingerprint density at radius 2 is 2.10 bits per heavy atom. The normalized spacial score (nSPS) is 11.5. The van der Waals surface area contributed by atoms with Crippen molar-refractivity contribution in [3.8, 4) is 15.6 Å². The standard InChI is InChI=1S/C19H17N3O6S2/c1-11(18(24)21-14-6-5-13(27-2)9-15(14)22(25)26)28-17(23)8-12-10-30-19(20-12)16-4-3-7-29-16/h3-7,9-11H,8H2,1-2H3,(H,21,24). The summed E-state index contributed by atoms with van der Waals surface area (Å²) < 4.78 is 10.1. The highest BCUT2D eigenvalue weighted by Crippen LogP contribution is 2.29. The highest BCUT2D eigenvalue weighted by Gasteiger charge is 2.23. The highest BCUT2D eigenvalue weighted by molar-refractivity contribution is 7.20. The predicted molar refractivity (Wildman–Crippen MR) is 113 cm³/mol. The Morgan fingerprint density at radius 3 is 2.77 bits per heavy atom. The number of aromatic nitrogens is 1. The number of ether oxygens (including phenoxy) is 2. The molecule has 156 valence electrons. The fourth-order valence-corrected chi connectivity index (χ4v) is 4.11. The molecule has 0 spiro atoms. The van der Waals surface area contributed by atoms with Gasteiger partial charge >= 0.3 is 5.97 Å². The van der Waals surface area contributed by atoms with Crippen LogP contribution in [0.4, 0.5) is 11.4 Å². The van der Waals surface area contributed by atoms with Crippen molar-refractivity contribution in [2.75, 3.05) is 12.4 Å². The van der Waals surface area contributed by atoms with Crippen LogP contribution in [0.5, 0.6) is 5.75 Å². The molecule has 11 heteroatoms. The van der Waals surface area contributed by atoms with Crippen molar-refractivity contribution in [3.63, 3.8) is 0 Å². The van der Waals surface area contributed by atoms with E-state index in [4.69, 9.17) is 9.47 Å². The van der Waals surface area contributed by atoms with Crippen LogP contribution in [-0.4, -0.2) is 35.0 Å². The third kappa shape index (κ3) is 5.19. The molecular formula is C19H17N3O6S2. The number of anilines is 1. The van der Waals surface area contributed by atoms with E-state index in [1.807, 2.05) is 17.5 Å². The average molecular weight is 447 g/mol. The van der Waals surface area contributed by atoms with Gasteiger partial charge in [0.15, 0.2) is 6.10 Å². The second kappa shape index (κ2) is 9.46. The molecule has 0 aliphatic heterocycles. The topological polar surface area (TPSA) is 121 Å². The second-order valence-corrected chi connectivity index (χ2v) is 7.87. The van der Waals surface area contributed by atoms with Gasteiger partial charge in [0.1, 0.15) is 16.4 Å². The van der Waals surface area contributed by atoms with Gasteiger partial charge in [-0.05, 0) is 30.5 Å². The van der Waals surface area contributed by atoms with E-state index in [0.29, 0.717) is 5.69 Å². The number of nitro benzene ring substituents is 1. The van der Waals surface area contributed by atoms with Gasteiger partial charge in [-0.15, -0.1) is 22.7 Å². The van der Waals surface area contributed by atoms with E-state index in [2.05, 4.69) is 10.3 Å². The zero-order valence-electron chi connectivity index (χ0n) is 16.0. The van der Waals surface area contributed by atoms with Crippen molar-refractivity contribution >= 4 is 45.9 Å². The summed E-state index contributed by atoms with van der Waals surface area (Å²) in [7, 11) is 1.38. The first kappa shape index (κ1) is 21.4. The third-order valence-electron chi connectivity index (χ3n) is 3.95. The highest BCUT2D eigenvalue weighted by atomic mass is 32.1. The van der Waals surface area contributed by atoms with Gasteiger partial charge in [-0.3, -0.25) is 19.7 Å². The molecule has 3 aromatic rings. The molecule has 30 heavy (non-hydrogen) atoms. The molecule has 1 aromatic carbocycles. The molecular weight excluding hydrogens is 430 g/mol. The summed E-state index contributed by atoms with van der Waals surface area (Å²) in [4.78, 5) is 40.5. The second-order valence-electron chi connectivity index (χ2n) is 6.06. The zero-order valence-corrected chi connectivity index (χ0v) is 17.6. The summed E-state index contributed by atoms with van der Waals surface area (Å²) in [5.41, 5.74) is 0.199. The lowest BCUT2D eigenvalue weighted by Gasteiger charge is -2.13. The molecule has 0 aliphatic rings. The van der Waals surface area contributed by atoms with Gasteiger partial charge in [0.2, 0.25) is 0 Å². The van der Waals surface area contributed by atoms with E-state index in [9.17, 15) is 19.7 Å². The van der Waals surface area contributed by atoms with Crippen LogP contribution in [0, 0.1) is 10.1 Å². The number of methoxy groups -OCH3 is 1. The summed E-state index contributed by atoms with van der Waals surface area (Å²) in [5.74, 6) is -1.02. The van der Waals surface area contributed by atoms with E-state index < -0.39 is 22.9 Å². The molecule has 1 unspecified atom stereocenters. The van der Waals surface area contributed by atoms with Crippen molar-refractivity contribution in [2.24, 2.45) is 0 Å². The summed E-state index contributed by atoms with van der Waals surface area (Å²) in [6.07, 6.45) is -1.23. The minimum absolute atomic E-state index is 0.0196. The molecule has 0 saturated heterocycles. The first-order valence-corrected chi connectivity index (χ1v) is 10.4. The number of rotatable bonds is 8. The number of amides is 1. The first-order valence-electron chi connectivity index (χ1n) is 8.68. The van der Waals surface area contributed by atoms with Crippen molar-refractivity contribution in [2.45, 2.75) is 19.4 Å². The van der Waals surface area contributed by atoms with Crippen LogP contribution in [0.2, 0.25) is 0 Å². The molecule has 1 N–H and O–H groups in total. The Bertz CT molecular complexity index is 1060. The van der Waals surface area contributed by atoms with E-state index in [0.717, 1.165) is 9.88 Å². The SMILES string of the molecule is COc1ccc(NC(=O)C(C)OC(=O)Cc2csc(-c3cccs3)n2)c([N+](=O)[O-])c1. The molecule has 2 aromatic heterocycles. The molecule has 0 aliphatic carbocycles. The molecule has 0 bridgehead atoms. The third-order valence-corrected chi connectivity index (χ3v) is 5.88. The minimum Gasteiger partial charge on any atom is -0.496 e. The van der Waals surface area contributed by atoms with Crippen molar-refractivity contribution in [1.29, 1.82) is 0 Å². The molecule has 9 nitrogen and oxygen atoms in total. The fraction of sp³-hybridized carbons (Fsp3) is 0.211. The van der Waals surface area contributed by atoms with Gasteiger partial charge in [0.25, 0.3) is 11.6 Å². The number of hydrogen-bond donors (Lipinski definition) is 1. The Kier molecular flexibility index (Phi) is 6.75. The van der Waals surface area contributed by atoms with Crippen molar-refractivity contribution in [1.82, 2.24) is 4.98 Å². The van der Waals surface area contributed by atoms with Gasteiger partial charge in [-0.25, -0.2) is 4.98 Å². The van der Waals surface area contributed by atoms with Gasteiger partial charge in [0, 0.05) is 5.38 Å². The van der Waals surface area contributed by atoms with Crippen LogP contribution < -0.4 is 10.1 Å². The van der Waals surface area contributed by atoms with Crippen LogP contribution in [0.25, 0.3) is 9.88 Å². The van der Waals surface area contributed by atoms with E-state index in [1.165, 1.54) is 43.6 Å². The van der Waals surface area contributed by atoms with Crippen LogP contribution in [0.1, 0.15) is 12.6 Å². The van der Waals surface area contributed by atoms with E-state index in [1.54, 1.807) is 16.7 Å². The molecule has 3 rings (SSSR count). The van der Waals surface area contributed by atoms with E-state index in [-0.39, 0.29) is 23.5 Å². The smallest absolute Gasteiger partial charge is 0.312 e. The maximum Gasteiger partial charge on any atom is 0.312 e. The molecule has 0 fully saturated rings. The minimum atomic E-state index is -1.14. The lowest BCUT2D eigenvalue weighted by Crippen LogP contribution is -2.30. The van der Waals surface area contributed by atoms with Gasteiger partial charge < -0.3 is 14.8 Å². The Balaban J connectivity index is 1.59. The number of nitro groups is 1. The summed E-state index contributed by atoms with van der Waals surface area (Å²) in [6, 6.07) is 7.89. The quantitative estimate of drug-likeness (QED) is 0.316. The first-order chi connectivity index (χ1) is 14.4. The van der Waals surface area contributed by atoms with Crippen molar-refractivity contribution in [3.05, 3.63) is 56.9 Å². The van der Waals surface area contributed by atoms with E-state index >= 15 is 0 Å². The summed E-state index contributed by atoms with van der Waals surface area (Å²) in [5, 5.41) is 18.1. The van der Waals surface area contributed by atoms with Crippen LogP contribution >= 0.6 is 22.7 Å².